The standard InChI is InChI=1S/C25H20/c1-2-17-14-18-10-7-13-23(24(18)15-17)25-21-11-5-3-8-19(21)16-20-9-4-6-12-22(20)25/h3-13,15-16H,2,14H2,1H3. The highest BCUT2D eigenvalue weighted by molar-refractivity contribution is 6.13. The first-order chi connectivity index (χ1) is 12.3. The van der Waals surface area contributed by atoms with Gasteiger partial charge in [0.15, 0.2) is 0 Å². The van der Waals surface area contributed by atoms with Gasteiger partial charge in [0.05, 0.1) is 0 Å². The fourth-order valence-corrected chi connectivity index (χ4v) is 4.19. The summed E-state index contributed by atoms with van der Waals surface area (Å²) in [6, 6.07) is 26.6. The molecule has 1 aliphatic rings. The minimum Gasteiger partial charge on any atom is -0.0655 e. The zero-order chi connectivity index (χ0) is 16.8. The highest BCUT2D eigenvalue weighted by Gasteiger charge is 2.18. The summed E-state index contributed by atoms with van der Waals surface area (Å²) in [5.41, 5.74) is 7.16. The summed E-state index contributed by atoms with van der Waals surface area (Å²) >= 11 is 0. The van der Waals surface area contributed by atoms with Gasteiger partial charge in [-0.05, 0) is 62.7 Å². The Morgan fingerprint density at radius 3 is 2.12 bits per heavy atom. The SMILES string of the molecule is CCC1=Cc2c(cccc2-c2c3ccccc3cc3ccccc23)C1. The highest BCUT2D eigenvalue weighted by atomic mass is 14.2. The molecular formula is C25H20. The molecule has 120 valence electrons. The van der Waals surface area contributed by atoms with Gasteiger partial charge in [0.25, 0.3) is 0 Å². The summed E-state index contributed by atoms with van der Waals surface area (Å²) in [7, 11) is 0. The number of benzene rings is 4. The molecule has 0 aromatic heterocycles. The summed E-state index contributed by atoms with van der Waals surface area (Å²) in [5.74, 6) is 0. The maximum atomic E-state index is 2.42. The summed E-state index contributed by atoms with van der Waals surface area (Å²) < 4.78 is 0. The fraction of sp³-hybridized carbons (Fsp3) is 0.120. The molecule has 4 aromatic carbocycles. The van der Waals surface area contributed by atoms with E-state index in [1.807, 2.05) is 0 Å². The van der Waals surface area contributed by atoms with Crippen LogP contribution >= 0.6 is 0 Å². The first-order valence-electron chi connectivity index (χ1n) is 9.07. The molecule has 0 N–H and O–H groups in total. The summed E-state index contributed by atoms with van der Waals surface area (Å²) in [4.78, 5) is 0. The fourth-order valence-electron chi connectivity index (χ4n) is 4.19. The third-order valence-corrected chi connectivity index (χ3v) is 5.46. The van der Waals surface area contributed by atoms with Crippen molar-refractivity contribution in [3.63, 3.8) is 0 Å². The van der Waals surface area contributed by atoms with E-state index in [4.69, 9.17) is 0 Å². The van der Waals surface area contributed by atoms with Gasteiger partial charge < -0.3 is 0 Å². The van der Waals surface area contributed by atoms with Crippen LogP contribution in [0.3, 0.4) is 0 Å². The first kappa shape index (κ1) is 14.5. The zero-order valence-corrected chi connectivity index (χ0v) is 14.4. The molecule has 4 aromatic rings. The second-order valence-electron chi connectivity index (χ2n) is 6.91. The van der Waals surface area contributed by atoms with E-state index in [9.17, 15) is 0 Å². The molecule has 0 atom stereocenters. The van der Waals surface area contributed by atoms with E-state index < -0.39 is 0 Å². The number of fused-ring (bicyclic) bond motifs is 3. The molecule has 0 fully saturated rings. The molecule has 0 bridgehead atoms. The maximum Gasteiger partial charge on any atom is -0.00207 e. The van der Waals surface area contributed by atoms with Crippen LogP contribution < -0.4 is 0 Å². The van der Waals surface area contributed by atoms with E-state index in [-0.39, 0.29) is 0 Å². The Labute approximate surface area is 148 Å². The van der Waals surface area contributed by atoms with Gasteiger partial charge in [-0.15, -0.1) is 0 Å². The molecule has 0 aliphatic heterocycles. The van der Waals surface area contributed by atoms with E-state index >= 15 is 0 Å². The molecule has 0 unspecified atom stereocenters. The Hall–Kier alpha value is -2.86. The molecule has 0 saturated carbocycles. The lowest BCUT2D eigenvalue weighted by atomic mass is 9.89. The highest BCUT2D eigenvalue weighted by Crippen LogP contribution is 2.41. The molecule has 0 amide bonds. The summed E-state index contributed by atoms with van der Waals surface area (Å²) in [5, 5.41) is 5.30. The Balaban J connectivity index is 1.93. The van der Waals surface area contributed by atoms with Gasteiger partial charge in [0.1, 0.15) is 0 Å². The van der Waals surface area contributed by atoms with Gasteiger partial charge in [-0.1, -0.05) is 85.3 Å². The van der Waals surface area contributed by atoms with Crippen molar-refractivity contribution in [3.8, 4) is 11.1 Å². The van der Waals surface area contributed by atoms with Gasteiger partial charge in [0.2, 0.25) is 0 Å². The number of allylic oxidation sites excluding steroid dienone is 1. The average molecular weight is 320 g/mol. The molecule has 0 spiro atoms. The maximum absolute atomic E-state index is 2.42. The molecular weight excluding hydrogens is 300 g/mol. The van der Waals surface area contributed by atoms with E-state index in [0.717, 1.165) is 12.8 Å². The monoisotopic (exact) mass is 320 g/mol. The zero-order valence-electron chi connectivity index (χ0n) is 14.4. The van der Waals surface area contributed by atoms with Crippen molar-refractivity contribution >= 4 is 27.6 Å². The van der Waals surface area contributed by atoms with Crippen LogP contribution in [-0.4, -0.2) is 0 Å². The molecule has 0 heteroatoms. The summed E-state index contributed by atoms with van der Waals surface area (Å²) in [6.45, 7) is 2.25. The topological polar surface area (TPSA) is 0 Å². The van der Waals surface area contributed by atoms with Crippen LogP contribution in [0.2, 0.25) is 0 Å². The summed E-state index contributed by atoms with van der Waals surface area (Å²) in [6.07, 6.45) is 4.65. The number of rotatable bonds is 2. The second-order valence-corrected chi connectivity index (χ2v) is 6.91. The Morgan fingerprint density at radius 1 is 0.760 bits per heavy atom. The second kappa shape index (κ2) is 5.60. The van der Waals surface area contributed by atoms with E-state index in [2.05, 4.69) is 85.8 Å². The number of hydrogen-bond donors (Lipinski definition) is 0. The Kier molecular flexibility index (Phi) is 3.24. The molecule has 25 heavy (non-hydrogen) atoms. The van der Waals surface area contributed by atoms with Gasteiger partial charge in [0, 0.05) is 0 Å². The smallest absolute Gasteiger partial charge is 0.00207 e. The van der Waals surface area contributed by atoms with Crippen molar-refractivity contribution in [3.05, 3.63) is 89.5 Å². The predicted octanol–water partition coefficient (Wildman–Crippen LogP) is 7.01. The molecule has 0 saturated heterocycles. The van der Waals surface area contributed by atoms with Crippen molar-refractivity contribution in [2.45, 2.75) is 19.8 Å². The van der Waals surface area contributed by atoms with Crippen LogP contribution in [0, 0.1) is 0 Å². The minimum absolute atomic E-state index is 1.10. The van der Waals surface area contributed by atoms with Crippen LogP contribution in [0.4, 0.5) is 0 Å². The van der Waals surface area contributed by atoms with E-state index in [1.54, 1.807) is 0 Å². The normalized spacial score (nSPS) is 13.2. The lowest BCUT2D eigenvalue weighted by Gasteiger charge is -2.15. The Bertz CT molecular complexity index is 1090. The third kappa shape index (κ3) is 2.21. The van der Waals surface area contributed by atoms with Crippen molar-refractivity contribution in [1.29, 1.82) is 0 Å². The van der Waals surface area contributed by atoms with Crippen LogP contribution in [0.5, 0.6) is 0 Å². The van der Waals surface area contributed by atoms with Crippen LogP contribution in [0.1, 0.15) is 24.5 Å². The molecule has 5 rings (SSSR count). The van der Waals surface area contributed by atoms with Crippen molar-refractivity contribution in [2.75, 3.05) is 0 Å². The van der Waals surface area contributed by atoms with Crippen molar-refractivity contribution in [2.24, 2.45) is 0 Å². The van der Waals surface area contributed by atoms with E-state index in [0.29, 0.717) is 0 Å². The van der Waals surface area contributed by atoms with E-state index in [1.165, 1.54) is 49.4 Å². The predicted molar refractivity (Wildman–Crippen MR) is 109 cm³/mol. The van der Waals surface area contributed by atoms with Crippen molar-refractivity contribution < 1.29 is 0 Å². The number of hydrogen-bond acceptors (Lipinski definition) is 0. The molecule has 1 aliphatic carbocycles. The largest absolute Gasteiger partial charge is 0.0655 e. The first-order valence-corrected chi connectivity index (χ1v) is 9.07. The minimum atomic E-state index is 1.10. The van der Waals surface area contributed by atoms with Crippen molar-refractivity contribution in [1.82, 2.24) is 0 Å². The van der Waals surface area contributed by atoms with Crippen LogP contribution in [-0.2, 0) is 6.42 Å². The van der Waals surface area contributed by atoms with Gasteiger partial charge in [-0.3, -0.25) is 0 Å². The third-order valence-electron chi connectivity index (χ3n) is 5.46. The quantitative estimate of drug-likeness (QED) is 0.348. The van der Waals surface area contributed by atoms with Gasteiger partial charge in [-0.2, -0.15) is 0 Å². The molecule has 0 nitrogen and oxygen atoms in total. The molecule has 0 heterocycles. The van der Waals surface area contributed by atoms with Gasteiger partial charge >= 0.3 is 0 Å². The molecule has 0 radical (unpaired) electrons. The Morgan fingerprint density at radius 2 is 1.44 bits per heavy atom. The average Bonchev–Trinajstić information content (AvgIpc) is 3.10. The van der Waals surface area contributed by atoms with Gasteiger partial charge in [-0.25, -0.2) is 0 Å². The van der Waals surface area contributed by atoms with Crippen LogP contribution in [0.25, 0.3) is 38.7 Å². The lowest BCUT2D eigenvalue weighted by molar-refractivity contribution is 1.04. The van der Waals surface area contributed by atoms with Crippen LogP contribution in [0.15, 0.2) is 78.4 Å². The lowest BCUT2D eigenvalue weighted by Crippen LogP contribution is -1.90.